The van der Waals surface area contributed by atoms with Crippen LogP contribution in [0.15, 0.2) is 0 Å². The fourth-order valence-corrected chi connectivity index (χ4v) is 2.36. The molecule has 1 aliphatic rings. The third-order valence-corrected chi connectivity index (χ3v) is 3.65. The Bertz CT molecular complexity index is 249. The molecule has 0 aromatic heterocycles. The van der Waals surface area contributed by atoms with E-state index in [1.54, 1.807) is 0 Å². The largest absolute Gasteiger partial charge is 0.394 e. The van der Waals surface area contributed by atoms with Gasteiger partial charge in [-0.1, -0.05) is 0 Å². The van der Waals surface area contributed by atoms with E-state index in [1.807, 2.05) is 0 Å². The van der Waals surface area contributed by atoms with Crippen LogP contribution in [0.4, 0.5) is 0 Å². The topological polar surface area (TPSA) is 92.4 Å². The maximum Gasteiger partial charge on any atom is 0.0704 e. The van der Waals surface area contributed by atoms with Gasteiger partial charge in [-0.2, -0.15) is 0 Å². The van der Waals surface area contributed by atoms with Crippen LogP contribution in [0.3, 0.4) is 0 Å². The minimum atomic E-state index is 0.0446. The van der Waals surface area contributed by atoms with E-state index in [0.717, 1.165) is 25.7 Å². The first-order valence-electron chi connectivity index (χ1n) is 8.62. The summed E-state index contributed by atoms with van der Waals surface area (Å²) in [6.45, 7) is 4.86. The van der Waals surface area contributed by atoms with E-state index in [2.05, 4.69) is 0 Å². The van der Waals surface area contributed by atoms with E-state index in [0.29, 0.717) is 71.6 Å². The van der Waals surface area contributed by atoms with Crippen molar-refractivity contribution in [3.8, 4) is 0 Å². The molecule has 3 N–H and O–H groups in total. The highest BCUT2D eigenvalue weighted by Gasteiger charge is 2.18. The zero-order chi connectivity index (χ0) is 16.6. The summed E-state index contributed by atoms with van der Waals surface area (Å²) in [5, 5.41) is 8.51. The first kappa shape index (κ1) is 20.8. The van der Waals surface area contributed by atoms with Crippen molar-refractivity contribution in [2.75, 3.05) is 66.1 Å². The van der Waals surface area contributed by atoms with Gasteiger partial charge in [-0.3, -0.25) is 0 Å². The van der Waals surface area contributed by atoms with Gasteiger partial charge in [0.2, 0.25) is 0 Å². The summed E-state index contributed by atoms with van der Waals surface area (Å²) in [5.74, 6) is 0. The molecule has 0 heterocycles. The maximum absolute atomic E-state index is 8.51. The van der Waals surface area contributed by atoms with Crippen LogP contribution in [-0.4, -0.2) is 83.3 Å². The Morgan fingerprint density at radius 1 is 0.652 bits per heavy atom. The van der Waals surface area contributed by atoms with Crippen LogP contribution >= 0.6 is 0 Å². The van der Waals surface area contributed by atoms with E-state index in [4.69, 9.17) is 34.5 Å². The molecular weight excluding hydrogens is 302 g/mol. The van der Waals surface area contributed by atoms with Crippen LogP contribution in [0.2, 0.25) is 0 Å². The van der Waals surface area contributed by atoms with Gasteiger partial charge in [-0.05, 0) is 25.7 Å². The quantitative estimate of drug-likeness (QED) is 0.417. The molecular formula is C16H33NO6. The molecule has 0 saturated heterocycles. The molecule has 1 rings (SSSR count). The van der Waals surface area contributed by atoms with Crippen molar-refractivity contribution < 1.29 is 28.8 Å². The van der Waals surface area contributed by atoms with E-state index in [-0.39, 0.29) is 6.61 Å². The van der Waals surface area contributed by atoms with Gasteiger partial charge in [0.1, 0.15) is 0 Å². The molecule has 0 spiro atoms. The van der Waals surface area contributed by atoms with Crippen LogP contribution in [0.5, 0.6) is 0 Å². The predicted molar refractivity (Wildman–Crippen MR) is 86.5 cm³/mol. The lowest BCUT2D eigenvalue weighted by molar-refractivity contribution is -0.0309. The SMILES string of the molecule is N[C@H]1CC[C@H](OCCOCCOCCOCCOCCO)CC1. The number of rotatable bonds is 15. The van der Waals surface area contributed by atoms with E-state index < -0.39 is 0 Å². The monoisotopic (exact) mass is 335 g/mol. The van der Waals surface area contributed by atoms with Crippen LogP contribution in [-0.2, 0) is 23.7 Å². The molecule has 0 radical (unpaired) electrons. The highest BCUT2D eigenvalue weighted by Crippen LogP contribution is 2.19. The number of ether oxygens (including phenoxy) is 5. The van der Waals surface area contributed by atoms with Crippen molar-refractivity contribution in [3.63, 3.8) is 0 Å². The van der Waals surface area contributed by atoms with Gasteiger partial charge >= 0.3 is 0 Å². The van der Waals surface area contributed by atoms with E-state index in [9.17, 15) is 0 Å². The second-order valence-electron chi connectivity index (χ2n) is 5.58. The number of nitrogens with two attached hydrogens (primary N) is 1. The zero-order valence-corrected chi connectivity index (χ0v) is 14.1. The minimum absolute atomic E-state index is 0.0446. The molecule has 0 aromatic carbocycles. The Labute approximate surface area is 139 Å². The fourth-order valence-electron chi connectivity index (χ4n) is 2.36. The average molecular weight is 335 g/mol. The molecule has 1 fully saturated rings. The standard InChI is InChI=1S/C16H33NO6/c17-15-1-3-16(4-2-15)23-14-13-22-12-11-21-10-9-20-8-7-19-6-5-18/h15-16,18H,1-14,17H2/t15-,16-. The Balaban J connectivity index is 1.70. The third kappa shape index (κ3) is 12.8. The second-order valence-corrected chi connectivity index (χ2v) is 5.58. The van der Waals surface area contributed by atoms with E-state index in [1.165, 1.54) is 0 Å². The summed E-state index contributed by atoms with van der Waals surface area (Å²) in [6, 6.07) is 0.361. The molecule has 23 heavy (non-hydrogen) atoms. The Morgan fingerprint density at radius 2 is 1.09 bits per heavy atom. The predicted octanol–water partition coefficient (Wildman–Crippen LogP) is 0.332. The molecule has 7 nitrogen and oxygen atoms in total. The molecule has 0 bridgehead atoms. The van der Waals surface area contributed by atoms with Crippen molar-refractivity contribution in [2.24, 2.45) is 5.73 Å². The van der Waals surface area contributed by atoms with Crippen molar-refractivity contribution in [2.45, 2.75) is 37.8 Å². The van der Waals surface area contributed by atoms with Gasteiger partial charge in [0.25, 0.3) is 0 Å². The normalized spacial score (nSPS) is 21.7. The Kier molecular flexibility index (Phi) is 13.8. The smallest absolute Gasteiger partial charge is 0.0704 e. The molecule has 0 atom stereocenters. The molecule has 0 aliphatic heterocycles. The summed E-state index contributed by atoms with van der Waals surface area (Å²) < 4.78 is 27.0. The molecule has 0 unspecified atom stereocenters. The summed E-state index contributed by atoms with van der Waals surface area (Å²) >= 11 is 0. The van der Waals surface area contributed by atoms with Crippen molar-refractivity contribution in [1.29, 1.82) is 0 Å². The highest BCUT2D eigenvalue weighted by molar-refractivity contribution is 4.74. The zero-order valence-electron chi connectivity index (χ0n) is 14.1. The highest BCUT2D eigenvalue weighted by atomic mass is 16.6. The first-order chi connectivity index (χ1) is 11.3. The number of hydrogen-bond acceptors (Lipinski definition) is 7. The second kappa shape index (κ2) is 15.3. The molecule has 138 valence electrons. The van der Waals surface area contributed by atoms with Crippen molar-refractivity contribution >= 4 is 0 Å². The number of hydrogen-bond donors (Lipinski definition) is 2. The van der Waals surface area contributed by atoms with Gasteiger partial charge in [0, 0.05) is 6.04 Å². The van der Waals surface area contributed by atoms with Gasteiger partial charge in [-0.15, -0.1) is 0 Å². The summed E-state index contributed by atoms with van der Waals surface area (Å²) in [7, 11) is 0. The summed E-state index contributed by atoms with van der Waals surface area (Å²) in [5.41, 5.74) is 5.86. The minimum Gasteiger partial charge on any atom is -0.394 e. The Morgan fingerprint density at radius 3 is 1.57 bits per heavy atom. The van der Waals surface area contributed by atoms with Crippen LogP contribution in [0, 0.1) is 0 Å². The first-order valence-corrected chi connectivity index (χ1v) is 8.62. The molecule has 7 heteroatoms. The molecule has 1 aliphatic carbocycles. The van der Waals surface area contributed by atoms with Gasteiger partial charge in [0.15, 0.2) is 0 Å². The van der Waals surface area contributed by atoms with Gasteiger partial charge < -0.3 is 34.5 Å². The lowest BCUT2D eigenvalue weighted by Gasteiger charge is -2.26. The van der Waals surface area contributed by atoms with E-state index >= 15 is 0 Å². The Hall–Kier alpha value is -0.280. The van der Waals surface area contributed by atoms with Crippen LogP contribution in [0.1, 0.15) is 25.7 Å². The molecule has 0 amide bonds. The van der Waals surface area contributed by atoms with Crippen LogP contribution in [0.25, 0.3) is 0 Å². The van der Waals surface area contributed by atoms with Crippen molar-refractivity contribution in [1.82, 2.24) is 0 Å². The summed E-state index contributed by atoms with van der Waals surface area (Å²) in [4.78, 5) is 0. The fraction of sp³-hybridized carbons (Fsp3) is 1.00. The lowest BCUT2D eigenvalue weighted by atomic mass is 9.94. The lowest BCUT2D eigenvalue weighted by Crippen LogP contribution is -2.30. The maximum atomic E-state index is 8.51. The van der Waals surface area contributed by atoms with Crippen molar-refractivity contribution in [3.05, 3.63) is 0 Å². The molecule has 0 aromatic rings. The average Bonchev–Trinajstić information content (AvgIpc) is 2.57. The van der Waals surface area contributed by atoms with Crippen LogP contribution < -0.4 is 5.73 Å². The van der Waals surface area contributed by atoms with Gasteiger partial charge in [-0.25, -0.2) is 0 Å². The number of aliphatic hydroxyl groups is 1. The number of aliphatic hydroxyl groups excluding tert-OH is 1. The van der Waals surface area contributed by atoms with Gasteiger partial charge in [0.05, 0.1) is 72.2 Å². The molecule has 1 saturated carbocycles. The third-order valence-electron chi connectivity index (χ3n) is 3.65. The summed E-state index contributed by atoms with van der Waals surface area (Å²) in [6.07, 6.45) is 4.61.